The Kier molecular flexibility index (Phi) is 6.36. The van der Waals surface area contributed by atoms with Gasteiger partial charge in [0.1, 0.15) is 0 Å². The first-order chi connectivity index (χ1) is 8.03. The molecule has 0 spiro atoms. The number of carbonyl (C=O) groups is 2. The Morgan fingerprint density at radius 3 is 2.00 bits per heavy atom. The fourth-order valence-electron chi connectivity index (χ4n) is 1.76. The Balaban J connectivity index is 4.59. The molecule has 0 aliphatic carbocycles. The van der Waals surface area contributed by atoms with Crippen molar-refractivity contribution in [2.24, 2.45) is 17.3 Å². The first kappa shape index (κ1) is 16.9. The number of carboxylic acid groups (broad SMARTS) is 1. The van der Waals surface area contributed by atoms with Crippen molar-refractivity contribution < 1.29 is 14.7 Å². The summed E-state index contributed by atoms with van der Waals surface area (Å²) in [5.74, 6) is -0.770. The minimum Gasteiger partial charge on any atom is -0.481 e. The molecular formula is C14H27NO3. The van der Waals surface area contributed by atoms with E-state index < -0.39 is 5.97 Å². The van der Waals surface area contributed by atoms with Gasteiger partial charge in [-0.2, -0.15) is 0 Å². The van der Waals surface area contributed by atoms with Crippen LogP contribution in [0, 0.1) is 17.3 Å². The molecule has 0 aromatic carbocycles. The minimum absolute atomic E-state index is 0.00549. The molecule has 0 aromatic heterocycles. The van der Waals surface area contributed by atoms with Gasteiger partial charge in [-0.1, -0.05) is 41.5 Å². The summed E-state index contributed by atoms with van der Waals surface area (Å²) in [7, 11) is 0. The van der Waals surface area contributed by atoms with E-state index in [1.54, 1.807) is 0 Å². The summed E-state index contributed by atoms with van der Waals surface area (Å²) < 4.78 is 0. The fourth-order valence-corrected chi connectivity index (χ4v) is 1.76. The summed E-state index contributed by atoms with van der Waals surface area (Å²) in [6.07, 6.45) is 0.643. The van der Waals surface area contributed by atoms with Crippen LogP contribution in [0.2, 0.25) is 0 Å². The molecule has 0 fully saturated rings. The average molecular weight is 257 g/mol. The van der Waals surface area contributed by atoms with E-state index in [-0.39, 0.29) is 35.6 Å². The second kappa shape index (κ2) is 6.76. The Bertz CT molecular complexity index is 292. The predicted molar refractivity (Wildman–Crippen MR) is 72.3 cm³/mol. The van der Waals surface area contributed by atoms with Crippen LogP contribution in [0.3, 0.4) is 0 Å². The van der Waals surface area contributed by atoms with Gasteiger partial charge in [-0.05, 0) is 17.8 Å². The molecule has 4 heteroatoms. The number of hydrogen-bond acceptors (Lipinski definition) is 2. The molecule has 18 heavy (non-hydrogen) atoms. The zero-order valence-corrected chi connectivity index (χ0v) is 12.4. The molecule has 0 aromatic rings. The molecule has 2 N–H and O–H groups in total. The molecule has 0 bridgehead atoms. The van der Waals surface area contributed by atoms with Crippen LogP contribution in [0.5, 0.6) is 0 Å². The van der Waals surface area contributed by atoms with Crippen molar-refractivity contribution in [2.75, 3.05) is 0 Å². The van der Waals surface area contributed by atoms with Crippen molar-refractivity contribution in [1.29, 1.82) is 0 Å². The van der Waals surface area contributed by atoms with Gasteiger partial charge in [-0.3, -0.25) is 9.59 Å². The number of carboxylic acids is 1. The van der Waals surface area contributed by atoms with Crippen molar-refractivity contribution >= 4 is 11.9 Å². The first-order valence-corrected chi connectivity index (χ1v) is 6.55. The molecule has 0 radical (unpaired) electrons. The Labute approximate surface area is 110 Å². The number of carbonyl (C=O) groups excluding carboxylic acids is 1. The van der Waals surface area contributed by atoms with Gasteiger partial charge in [0, 0.05) is 12.0 Å². The topological polar surface area (TPSA) is 66.4 Å². The molecule has 0 aliphatic rings. The standard InChI is InChI=1S/C14H27NO3/c1-9(2)10(3)13(18)15-11(7-12(16)17)8-14(4,5)6/h9-11H,7-8H2,1-6H3,(H,15,18)(H,16,17). The largest absolute Gasteiger partial charge is 0.481 e. The van der Waals surface area contributed by atoms with E-state index in [9.17, 15) is 9.59 Å². The van der Waals surface area contributed by atoms with Crippen LogP contribution in [-0.4, -0.2) is 23.0 Å². The summed E-state index contributed by atoms with van der Waals surface area (Å²) in [6.45, 7) is 12.0. The first-order valence-electron chi connectivity index (χ1n) is 6.55. The van der Waals surface area contributed by atoms with E-state index in [1.165, 1.54) is 0 Å². The molecule has 0 rings (SSSR count). The molecule has 0 aliphatic heterocycles. The lowest BCUT2D eigenvalue weighted by Crippen LogP contribution is -2.42. The lowest BCUT2D eigenvalue weighted by molar-refractivity contribution is -0.138. The van der Waals surface area contributed by atoms with Crippen molar-refractivity contribution in [3.05, 3.63) is 0 Å². The maximum atomic E-state index is 12.0. The number of amides is 1. The van der Waals surface area contributed by atoms with E-state index in [1.807, 2.05) is 41.5 Å². The van der Waals surface area contributed by atoms with Crippen LogP contribution in [-0.2, 0) is 9.59 Å². The van der Waals surface area contributed by atoms with Gasteiger partial charge in [0.05, 0.1) is 6.42 Å². The average Bonchev–Trinajstić information content (AvgIpc) is 2.11. The molecule has 4 nitrogen and oxygen atoms in total. The Hall–Kier alpha value is -1.06. The van der Waals surface area contributed by atoms with Gasteiger partial charge in [0.2, 0.25) is 5.91 Å². The van der Waals surface area contributed by atoms with Gasteiger partial charge >= 0.3 is 5.97 Å². The molecule has 1 amide bonds. The van der Waals surface area contributed by atoms with Gasteiger partial charge < -0.3 is 10.4 Å². The van der Waals surface area contributed by atoms with E-state index in [2.05, 4.69) is 5.32 Å². The van der Waals surface area contributed by atoms with Gasteiger partial charge in [0.15, 0.2) is 0 Å². The molecular weight excluding hydrogens is 230 g/mol. The molecule has 0 saturated heterocycles. The SMILES string of the molecule is CC(C)C(C)C(=O)NC(CC(=O)O)CC(C)(C)C. The smallest absolute Gasteiger partial charge is 0.305 e. The lowest BCUT2D eigenvalue weighted by Gasteiger charge is -2.27. The van der Waals surface area contributed by atoms with Crippen LogP contribution < -0.4 is 5.32 Å². The maximum absolute atomic E-state index is 12.0. The highest BCUT2D eigenvalue weighted by atomic mass is 16.4. The molecule has 0 heterocycles. The van der Waals surface area contributed by atoms with Crippen molar-refractivity contribution in [1.82, 2.24) is 5.32 Å². The summed E-state index contributed by atoms with van der Waals surface area (Å²) >= 11 is 0. The second-order valence-corrected chi connectivity index (χ2v) is 6.60. The summed E-state index contributed by atoms with van der Waals surface area (Å²) in [4.78, 5) is 22.8. The van der Waals surface area contributed by atoms with E-state index in [0.29, 0.717) is 6.42 Å². The Morgan fingerprint density at radius 2 is 1.67 bits per heavy atom. The normalized spacial score (nSPS) is 15.3. The van der Waals surface area contributed by atoms with Crippen LogP contribution in [0.1, 0.15) is 54.4 Å². The maximum Gasteiger partial charge on any atom is 0.305 e. The number of rotatable bonds is 6. The summed E-state index contributed by atoms with van der Waals surface area (Å²) in [5, 5.41) is 11.8. The van der Waals surface area contributed by atoms with E-state index >= 15 is 0 Å². The van der Waals surface area contributed by atoms with E-state index in [4.69, 9.17) is 5.11 Å². The quantitative estimate of drug-likeness (QED) is 0.768. The highest BCUT2D eigenvalue weighted by Gasteiger charge is 2.25. The van der Waals surface area contributed by atoms with Crippen molar-refractivity contribution in [3.63, 3.8) is 0 Å². The molecule has 2 atom stereocenters. The van der Waals surface area contributed by atoms with Gasteiger partial charge in [0.25, 0.3) is 0 Å². The van der Waals surface area contributed by atoms with Crippen LogP contribution >= 0.6 is 0 Å². The highest BCUT2D eigenvalue weighted by Crippen LogP contribution is 2.22. The van der Waals surface area contributed by atoms with Gasteiger partial charge in [-0.25, -0.2) is 0 Å². The monoisotopic (exact) mass is 257 g/mol. The number of nitrogens with one attached hydrogen (secondary N) is 1. The third kappa shape index (κ3) is 7.30. The third-order valence-corrected chi connectivity index (χ3v) is 3.04. The molecule has 2 unspecified atom stereocenters. The minimum atomic E-state index is -0.873. The van der Waals surface area contributed by atoms with Crippen molar-refractivity contribution in [3.8, 4) is 0 Å². The van der Waals surface area contributed by atoms with Crippen molar-refractivity contribution in [2.45, 2.75) is 60.4 Å². The number of aliphatic carboxylic acids is 1. The van der Waals surface area contributed by atoms with Crippen LogP contribution in [0.25, 0.3) is 0 Å². The summed E-state index contributed by atoms with van der Waals surface area (Å²) in [6, 6.07) is -0.295. The Morgan fingerprint density at radius 1 is 1.17 bits per heavy atom. The second-order valence-electron chi connectivity index (χ2n) is 6.60. The third-order valence-electron chi connectivity index (χ3n) is 3.04. The van der Waals surface area contributed by atoms with E-state index in [0.717, 1.165) is 0 Å². The van der Waals surface area contributed by atoms with Crippen LogP contribution in [0.15, 0.2) is 0 Å². The zero-order chi connectivity index (χ0) is 14.5. The fraction of sp³-hybridized carbons (Fsp3) is 0.857. The highest BCUT2D eigenvalue weighted by molar-refractivity contribution is 5.79. The lowest BCUT2D eigenvalue weighted by atomic mass is 9.86. The molecule has 0 saturated carbocycles. The zero-order valence-electron chi connectivity index (χ0n) is 12.4. The van der Waals surface area contributed by atoms with Gasteiger partial charge in [-0.15, -0.1) is 0 Å². The van der Waals surface area contributed by atoms with Crippen LogP contribution in [0.4, 0.5) is 0 Å². The molecule has 106 valence electrons. The number of hydrogen-bond donors (Lipinski definition) is 2. The summed E-state index contributed by atoms with van der Waals surface area (Å²) in [5.41, 5.74) is -0.00549. The predicted octanol–water partition coefficient (Wildman–Crippen LogP) is 2.67.